The average Bonchev–Trinajstić information content (AvgIpc) is 3.13. The van der Waals surface area contributed by atoms with E-state index in [4.69, 9.17) is 14.2 Å². The lowest BCUT2D eigenvalue weighted by molar-refractivity contribution is -0.122. The van der Waals surface area contributed by atoms with Crippen LogP contribution in [0, 0.1) is 0 Å². The van der Waals surface area contributed by atoms with Gasteiger partial charge in [-0.2, -0.15) is 0 Å². The van der Waals surface area contributed by atoms with Gasteiger partial charge in [0.2, 0.25) is 6.79 Å². The van der Waals surface area contributed by atoms with Crippen LogP contribution in [0.15, 0.2) is 42.2 Å². The fourth-order valence-electron chi connectivity index (χ4n) is 2.87. The number of ether oxygens (including phenoxy) is 3. The molecule has 0 radical (unpaired) electrons. The molecule has 1 saturated heterocycles. The Morgan fingerprint density at radius 2 is 2.04 bits per heavy atom. The fourth-order valence-corrected chi connectivity index (χ4v) is 2.87. The topological polar surface area (TPSA) is 107 Å². The van der Waals surface area contributed by atoms with Gasteiger partial charge in [-0.15, -0.1) is 0 Å². The number of carbonyl (C=O) groups excluding carboxylic acids is 3. The largest absolute Gasteiger partial charge is 0.493 e. The third kappa shape index (κ3) is 3.02. The summed E-state index contributed by atoms with van der Waals surface area (Å²) < 4.78 is 16.3. The number of barbiturate groups is 1. The molecule has 2 aliphatic rings. The molecule has 1 aromatic carbocycles. The summed E-state index contributed by atoms with van der Waals surface area (Å²) in [6, 6.07) is 5.54. The molecule has 142 valence electrons. The molecule has 1 fully saturated rings. The molecular formula is C19H15N3O6. The van der Waals surface area contributed by atoms with Gasteiger partial charge >= 0.3 is 6.03 Å². The number of imide groups is 2. The molecule has 2 aromatic rings. The van der Waals surface area contributed by atoms with Crippen LogP contribution in [-0.2, 0) is 9.59 Å². The standard InChI is InChI=1S/C19H15N3O6/c1-2-26-14-8-16-15(27-10-28-16)7-11(14)6-13-17(23)21-19(25)22(18(13)24)12-4-3-5-20-9-12/h3-9H,2,10H2,1H3,(H,21,23,25)/b13-6+. The predicted molar refractivity (Wildman–Crippen MR) is 97.0 cm³/mol. The number of nitrogens with one attached hydrogen (secondary N) is 1. The minimum atomic E-state index is -0.837. The summed E-state index contributed by atoms with van der Waals surface area (Å²) in [5.74, 6) is -0.154. The Kier molecular flexibility index (Phi) is 4.40. The number of benzene rings is 1. The van der Waals surface area contributed by atoms with Crippen LogP contribution >= 0.6 is 0 Å². The van der Waals surface area contributed by atoms with Gasteiger partial charge in [-0.1, -0.05) is 0 Å². The van der Waals surface area contributed by atoms with Crippen LogP contribution in [0.25, 0.3) is 6.08 Å². The first-order chi connectivity index (χ1) is 13.6. The summed E-state index contributed by atoms with van der Waals surface area (Å²) in [5.41, 5.74) is 0.479. The molecule has 0 bridgehead atoms. The van der Waals surface area contributed by atoms with Crippen molar-refractivity contribution in [2.24, 2.45) is 0 Å². The first kappa shape index (κ1) is 17.5. The van der Waals surface area contributed by atoms with Crippen LogP contribution in [-0.4, -0.2) is 36.2 Å². The zero-order valence-electron chi connectivity index (χ0n) is 14.8. The normalized spacial score (nSPS) is 17.1. The van der Waals surface area contributed by atoms with E-state index in [2.05, 4.69) is 10.3 Å². The summed E-state index contributed by atoms with van der Waals surface area (Å²) in [4.78, 5) is 42.2. The van der Waals surface area contributed by atoms with Crippen molar-refractivity contribution in [2.75, 3.05) is 18.3 Å². The SMILES string of the molecule is CCOc1cc2c(cc1/C=C1\C(=O)NC(=O)N(c3cccnc3)C1=O)OCO2. The number of nitrogens with zero attached hydrogens (tertiary/aromatic N) is 2. The highest BCUT2D eigenvalue weighted by Gasteiger charge is 2.37. The van der Waals surface area contributed by atoms with Crippen LogP contribution in [0.2, 0.25) is 0 Å². The van der Waals surface area contributed by atoms with Crippen molar-refractivity contribution in [3.8, 4) is 17.2 Å². The van der Waals surface area contributed by atoms with Crippen molar-refractivity contribution < 1.29 is 28.6 Å². The van der Waals surface area contributed by atoms with E-state index in [9.17, 15) is 14.4 Å². The van der Waals surface area contributed by atoms with Gasteiger partial charge in [0.05, 0.1) is 18.5 Å². The predicted octanol–water partition coefficient (Wildman–Crippen LogP) is 1.88. The Hall–Kier alpha value is -3.88. The maximum absolute atomic E-state index is 12.9. The van der Waals surface area contributed by atoms with E-state index in [-0.39, 0.29) is 18.1 Å². The van der Waals surface area contributed by atoms with E-state index in [1.165, 1.54) is 18.5 Å². The minimum Gasteiger partial charge on any atom is -0.493 e. The number of rotatable bonds is 4. The molecular weight excluding hydrogens is 366 g/mol. The zero-order valence-corrected chi connectivity index (χ0v) is 14.8. The Balaban J connectivity index is 1.77. The van der Waals surface area contributed by atoms with E-state index in [1.54, 1.807) is 24.3 Å². The summed E-state index contributed by atoms with van der Waals surface area (Å²) in [7, 11) is 0. The number of hydrogen-bond acceptors (Lipinski definition) is 7. The molecule has 3 heterocycles. The number of amides is 4. The quantitative estimate of drug-likeness (QED) is 0.636. The Labute approximate surface area is 159 Å². The van der Waals surface area contributed by atoms with E-state index in [0.717, 1.165) is 4.90 Å². The van der Waals surface area contributed by atoms with Crippen LogP contribution in [0.3, 0.4) is 0 Å². The maximum Gasteiger partial charge on any atom is 0.336 e. The van der Waals surface area contributed by atoms with Crippen LogP contribution < -0.4 is 24.4 Å². The number of urea groups is 1. The van der Waals surface area contributed by atoms with E-state index in [1.807, 2.05) is 6.92 Å². The molecule has 28 heavy (non-hydrogen) atoms. The molecule has 0 atom stereocenters. The third-order valence-electron chi connectivity index (χ3n) is 4.11. The Morgan fingerprint density at radius 1 is 1.25 bits per heavy atom. The zero-order chi connectivity index (χ0) is 19.7. The second-order valence-electron chi connectivity index (χ2n) is 5.85. The molecule has 9 nitrogen and oxygen atoms in total. The lowest BCUT2D eigenvalue weighted by Crippen LogP contribution is -2.54. The van der Waals surface area contributed by atoms with E-state index < -0.39 is 17.8 Å². The Bertz CT molecular complexity index is 1000. The number of aromatic nitrogens is 1. The molecule has 4 amide bonds. The second kappa shape index (κ2) is 7.03. The highest BCUT2D eigenvalue weighted by Crippen LogP contribution is 2.39. The molecule has 0 spiro atoms. The molecule has 0 saturated carbocycles. The molecule has 0 aliphatic carbocycles. The summed E-state index contributed by atoms with van der Waals surface area (Å²) in [6.45, 7) is 2.25. The number of fused-ring (bicyclic) bond motifs is 1. The molecule has 2 aliphatic heterocycles. The summed E-state index contributed by atoms with van der Waals surface area (Å²) in [6.07, 6.45) is 4.23. The monoisotopic (exact) mass is 381 g/mol. The van der Waals surface area contributed by atoms with Gasteiger partial charge in [-0.3, -0.25) is 19.9 Å². The molecule has 0 unspecified atom stereocenters. The summed E-state index contributed by atoms with van der Waals surface area (Å²) in [5, 5.41) is 2.17. The molecule has 1 N–H and O–H groups in total. The van der Waals surface area contributed by atoms with Gasteiger partial charge in [0, 0.05) is 17.8 Å². The van der Waals surface area contributed by atoms with Gasteiger partial charge in [0.15, 0.2) is 11.5 Å². The van der Waals surface area contributed by atoms with Crippen molar-refractivity contribution in [3.05, 3.63) is 47.8 Å². The highest BCUT2D eigenvalue weighted by atomic mass is 16.7. The van der Waals surface area contributed by atoms with Crippen molar-refractivity contribution in [2.45, 2.75) is 6.92 Å². The first-order valence-electron chi connectivity index (χ1n) is 8.46. The minimum absolute atomic E-state index is 0.0730. The van der Waals surface area contributed by atoms with E-state index in [0.29, 0.717) is 29.4 Å². The van der Waals surface area contributed by atoms with Gasteiger partial charge in [0.25, 0.3) is 11.8 Å². The van der Waals surface area contributed by atoms with Crippen LogP contribution in [0.4, 0.5) is 10.5 Å². The smallest absolute Gasteiger partial charge is 0.336 e. The van der Waals surface area contributed by atoms with Crippen molar-refractivity contribution in [1.29, 1.82) is 0 Å². The van der Waals surface area contributed by atoms with Crippen molar-refractivity contribution >= 4 is 29.6 Å². The van der Waals surface area contributed by atoms with Gasteiger partial charge in [-0.05, 0) is 31.2 Å². The number of carbonyl (C=O) groups is 3. The summed E-state index contributed by atoms with van der Waals surface area (Å²) >= 11 is 0. The van der Waals surface area contributed by atoms with Gasteiger partial charge in [0.1, 0.15) is 11.3 Å². The second-order valence-corrected chi connectivity index (χ2v) is 5.85. The van der Waals surface area contributed by atoms with Crippen molar-refractivity contribution in [1.82, 2.24) is 10.3 Å². The highest BCUT2D eigenvalue weighted by molar-refractivity contribution is 6.39. The lowest BCUT2D eigenvalue weighted by Gasteiger charge is -2.26. The first-order valence-corrected chi connectivity index (χ1v) is 8.46. The molecule has 1 aromatic heterocycles. The van der Waals surface area contributed by atoms with Crippen LogP contribution in [0.5, 0.6) is 17.2 Å². The number of pyridine rings is 1. The third-order valence-corrected chi connectivity index (χ3v) is 4.11. The lowest BCUT2D eigenvalue weighted by atomic mass is 10.1. The van der Waals surface area contributed by atoms with Crippen molar-refractivity contribution in [3.63, 3.8) is 0 Å². The maximum atomic E-state index is 12.9. The number of hydrogen-bond donors (Lipinski definition) is 1. The van der Waals surface area contributed by atoms with E-state index >= 15 is 0 Å². The average molecular weight is 381 g/mol. The Morgan fingerprint density at radius 3 is 2.75 bits per heavy atom. The van der Waals surface area contributed by atoms with Crippen LogP contribution in [0.1, 0.15) is 12.5 Å². The van der Waals surface area contributed by atoms with Gasteiger partial charge < -0.3 is 14.2 Å². The molecule has 9 heteroatoms. The number of anilines is 1. The fraction of sp³-hybridized carbons (Fsp3) is 0.158. The molecule has 4 rings (SSSR count). The van der Waals surface area contributed by atoms with Gasteiger partial charge in [-0.25, -0.2) is 9.69 Å².